The van der Waals surface area contributed by atoms with Crippen LogP contribution in [0.3, 0.4) is 0 Å². The molecule has 1 heterocycles. The summed E-state index contributed by atoms with van der Waals surface area (Å²) >= 11 is 5.56. The van der Waals surface area contributed by atoms with Gasteiger partial charge in [-0.25, -0.2) is 8.42 Å². The Morgan fingerprint density at radius 1 is 1.25 bits per heavy atom. The summed E-state index contributed by atoms with van der Waals surface area (Å²) in [4.78, 5) is 11.9. The third-order valence-corrected chi connectivity index (χ3v) is 7.26. The number of sulfonamides is 1. The molecule has 1 fully saturated rings. The Morgan fingerprint density at radius 2 is 1.82 bits per heavy atom. The molecular formula is C18H24ClF3N2O3S. The number of amides is 1. The number of hydrogen-bond acceptors (Lipinski definition) is 3. The summed E-state index contributed by atoms with van der Waals surface area (Å²) in [6.07, 6.45) is -2.47. The van der Waals surface area contributed by atoms with Gasteiger partial charge < -0.3 is 5.32 Å². The van der Waals surface area contributed by atoms with Gasteiger partial charge in [-0.15, -0.1) is 0 Å². The van der Waals surface area contributed by atoms with Crippen molar-refractivity contribution in [2.24, 2.45) is 5.92 Å². The Hall–Kier alpha value is -1.32. The molecule has 1 N–H and O–H groups in total. The molecule has 0 atom stereocenters. The van der Waals surface area contributed by atoms with Gasteiger partial charge in [0.15, 0.2) is 0 Å². The normalized spacial score (nSPS) is 17.1. The fourth-order valence-electron chi connectivity index (χ4n) is 3.20. The maximum absolute atomic E-state index is 13.0. The molecule has 1 saturated heterocycles. The molecule has 28 heavy (non-hydrogen) atoms. The van der Waals surface area contributed by atoms with Gasteiger partial charge in [-0.1, -0.05) is 25.4 Å². The van der Waals surface area contributed by atoms with E-state index >= 15 is 0 Å². The molecule has 1 aromatic carbocycles. The van der Waals surface area contributed by atoms with Crippen LogP contribution in [0, 0.1) is 5.92 Å². The van der Waals surface area contributed by atoms with Crippen molar-refractivity contribution in [2.45, 2.75) is 56.6 Å². The summed E-state index contributed by atoms with van der Waals surface area (Å²) < 4.78 is 65.7. The monoisotopic (exact) mass is 440 g/mol. The molecule has 158 valence electrons. The minimum absolute atomic E-state index is 0.0767. The first kappa shape index (κ1) is 23.0. The Balaban J connectivity index is 2.10. The molecule has 0 unspecified atom stereocenters. The zero-order chi connectivity index (χ0) is 21.1. The molecule has 5 nitrogen and oxygen atoms in total. The minimum atomic E-state index is -4.75. The molecule has 2 rings (SSSR count). The van der Waals surface area contributed by atoms with E-state index in [0.29, 0.717) is 18.9 Å². The van der Waals surface area contributed by atoms with Crippen molar-refractivity contribution in [3.05, 3.63) is 28.8 Å². The van der Waals surface area contributed by atoms with E-state index in [1.165, 1.54) is 0 Å². The SMILES string of the molecule is CCC(CC)NC(=O)C1CCN(S(=O)(=O)c2ccc(Cl)c(C(F)(F)F)c2)CC1. The number of rotatable bonds is 6. The summed E-state index contributed by atoms with van der Waals surface area (Å²) in [7, 11) is -4.10. The molecule has 0 spiro atoms. The first-order chi connectivity index (χ1) is 13.0. The first-order valence-corrected chi connectivity index (χ1v) is 11.0. The topological polar surface area (TPSA) is 66.5 Å². The maximum Gasteiger partial charge on any atom is 0.417 e. The van der Waals surface area contributed by atoms with Gasteiger partial charge in [-0.2, -0.15) is 17.5 Å². The van der Waals surface area contributed by atoms with E-state index in [4.69, 9.17) is 11.6 Å². The van der Waals surface area contributed by atoms with Gasteiger partial charge in [0, 0.05) is 25.0 Å². The molecular weight excluding hydrogens is 417 g/mol. The van der Waals surface area contributed by atoms with Crippen molar-refractivity contribution in [3.8, 4) is 0 Å². The van der Waals surface area contributed by atoms with Crippen LogP contribution in [-0.4, -0.2) is 37.8 Å². The average Bonchev–Trinajstić information content (AvgIpc) is 2.65. The van der Waals surface area contributed by atoms with E-state index in [-0.39, 0.29) is 31.0 Å². The predicted octanol–water partition coefficient (Wildman–Crippen LogP) is 4.06. The molecule has 1 aliphatic rings. The number of carbonyl (C=O) groups excluding carboxylic acids is 1. The van der Waals surface area contributed by atoms with Crippen LogP contribution in [0.1, 0.15) is 45.1 Å². The summed E-state index contributed by atoms with van der Waals surface area (Å²) in [5, 5.41) is 2.40. The van der Waals surface area contributed by atoms with Gasteiger partial charge in [0.25, 0.3) is 0 Å². The van der Waals surface area contributed by atoms with Crippen LogP contribution in [-0.2, 0) is 21.0 Å². The lowest BCUT2D eigenvalue weighted by atomic mass is 9.96. The highest BCUT2D eigenvalue weighted by molar-refractivity contribution is 7.89. The predicted molar refractivity (Wildman–Crippen MR) is 100 cm³/mol. The highest BCUT2D eigenvalue weighted by atomic mass is 35.5. The maximum atomic E-state index is 13.0. The summed E-state index contributed by atoms with van der Waals surface area (Å²) in [6, 6.07) is 2.65. The highest BCUT2D eigenvalue weighted by Gasteiger charge is 2.37. The second-order valence-corrected chi connectivity index (χ2v) is 9.18. The fraction of sp³-hybridized carbons (Fsp3) is 0.611. The van der Waals surface area contributed by atoms with E-state index in [2.05, 4.69) is 5.32 Å². The largest absolute Gasteiger partial charge is 0.417 e. The van der Waals surface area contributed by atoms with E-state index in [1.54, 1.807) is 0 Å². The van der Waals surface area contributed by atoms with E-state index < -0.39 is 31.7 Å². The van der Waals surface area contributed by atoms with Gasteiger partial charge in [0.2, 0.25) is 15.9 Å². The van der Waals surface area contributed by atoms with Crippen molar-refractivity contribution in [1.82, 2.24) is 9.62 Å². The summed E-state index contributed by atoms with van der Waals surface area (Å²) in [5.41, 5.74) is -1.19. The van der Waals surface area contributed by atoms with Crippen molar-refractivity contribution in [2.75, 3.05) is 13.1 Å². The van der Waals surface area contributed by atoms with Crippen LogP contribution in [0.2, 0.25) is 5.02 Å². The molecule has 1 aromatic rings. The first-order valence-electron chi connectivity index (χ1n) is 9.18. The third-order valence-electron chi connectivity index (χ3n) is 5.04. The van der Waals surface area contributed by atoms with E-state index in [9.17, 15) is 26.4 Å². The van der Waals surface area contributed by atoms with Crippen LogP contribution in [0.5, 0.6) is 0 Å². The zero-order valence-corrected chi connectivity index (χ0v) is 17.3. The molecule has 1 aliphatic heterocycles. The summed E-state index contributed by atoms with van der Waals surface area (Å²) in [5.74, 6) is -0.403. The van der Waals surface area contributed by atoms with Crippen LogP contribution < -0.4 is 5.32 Å². The number of carbonyl (C=O) groups is 1. The van der Waals surface area contributed by atoms with Gasteiger partial charge in [-0.05, 0) is 43.9 Å². The number of nitrogens with one attached hydrogen (secondary N) is 1. The quantitative estimate of drug-likeness (QED) is 0.725. The number of hydrogen-bond donors (Lipinski definition) is 1. The lowest BCUT2D eigenvalue weighted by Crippen LogP contribution is -2.45. The average molecular weight is 441 g/mol. The highest BCUT2D eigenvalue weighted by Crippen LogP contribution is 2.36. The smallest absolute Gasteiger partial charge is 0.353 e. The molecule has 0 saturated carbocycles. The molecule has 1 amide bonds. The molecule has 0 bridgehead atoms. The number of nitrogens with zero attached hydrogens (tertiary/aromatic N) is 1. The Labute approximate surface area is 168 Å². The van der Waals surface area contributed by atoms with Crippen molar-refractivity contribution in [1.29, 1.82) is 0 Å². The standard InChI is InChI=1S/C18H24ClF3N2O3S/c1-3-13(4-2)23-17(25)12-7-9-24(10-8-12)28(26,27)14-5-6-16(19)15(11-14)18(20,21)22/h5-6,11-13H,3-4,7-10H2,1-2H3,(H,23,25). The number of piperidine rings is 1. The van der Waals surface area contributed by atoms with E-state index in [1.807, 2.05) is 13.8 Å². The number of benzene rings is 1. The Morgan fingerprint density at radius 3 is 2.32 bits per heavy atom. The van der Waals surface area contributed by atoms with Crippen LogP contribution in [0.15, 0.2) is 23.1 Å². The van der Waals surface area contributed by atoms with Crippen LogP contribution in [0.25, 0.3) is 0 Å². The Kier molecular flexibility index (Phi) is 7.38. The number of halogens is 4. The second kappa shape index (κ2) is 9.00. The van der Waals surface area contributed by atoms with Crippen molar-refractivity contribution in [3.63, 3.8) is 0 Å². The summed E-state index contributed by atoms with van der Waals surface area (Å²) in [6.45, 7) is 4.11. The van der Waals surface area contributed by atoms with E-state index in [0.717, 1.165) is 29.3 Å². The molecule has 0 radical (unpaired) electrons. The molecule has 10 heteroatoms. The van der Waals surface area contributed by atoms with Gasteiger partial charge in [-0.3, -0.25) is 4.79 Å². The molecule has 0 aliphatic carbocycles. The zero-order valence-electron chi connectivity index (χ0n) is 15.7. The number of alkyl halides is 3. The van der Waals surface area contributed by atoms with Crippen molar-refractivity contribution >= 4 is 27.5 Å². The van der Waals surface area contributed by atoms with Gasteiger partial charge in [0.1, 0.15) is 0 Å². The third kappa shape index (κ3) is 5.18. The second-order valence-electron chi connectivity index (χ2n) is 6.84. The van der Waals surface area contributed by atoms with Crippen LogP contribution >= 0.6 is 11.6 Å². The molecule has 0 aromatic heterocycles. The fourth-order valence-corrected chi connectivity index (χ4v) is 4.92. The van der Waals surface area contributed by atoms with Crippen molar-refractivity contribution < 1.29 is 26.4 Å². The Bertz CT molecular complexity index is 803. The minimum Gasteiger partial charge on any atom is -0.353 e. The lowest BCUT2D eigenvalue weighted by molar-refractivity contribution is -0.137. The van der Waals surface area contributed by atoms with Gasteiger partial charge >= 0.3 is 6.18 Å². The van der Waals surface area contributed by atoms with Gasteiger partial charge in [0.05, 0.1) is 15.5 Å². The van der Waals surface area contributed by atoms with Crippen LogP contribution in [0.4, 0.5) is 13.2 Å². The lowest BCUT2D eigenvalue weighted by Gasteiger charge is -2.31.